The molecule has 0 radical (unpaired) electrons. The summed E-state index contributed by atoms with van der Waals surface area (Å²) in [6.07, 6.45) is -2.11. The van der Waals surface area contributed by atoms with Crippen LogP contribution < -0.4 is 0 Å². The number of esters is 1. The molecule has 0 amide bonds. The lowest BCUT2D eigenvalue weighted by Crippen LogP contribution is -2.22. The van der Waals surface area contributed by atoms with Gasteiger partial charge in [-0.3, -0.25) is 4.79 Å². The fraction of sp³-hybridized carbons (Fsp3) is 0.222. The number of carbonyl (C=O) groups excluding carboxylic acids is 2. The first kappa shape index (κ1) is 11.1. The first-order valence-electron chi connectivity index (χ1n) is 3.89. The van der Waals surface area contributed by atoms with E-state index in [9.17, 15) is 14.7 Å². The van der Waals surface area contributed by atoms with Crippen molar-refractivity contribution in [3.8, 4) is 6.07 Å². The summed E-state index contributed by atoms with van der Waals surface area (Å²) in [6, 6.07) is 1.25. The molecule has 1 heterocycles. The molecule has 78 valence electrons. The van der Waals surface area contributed by atoms with E-state index in [2.05, 4.69) is 11.3 Å². The van der Waals surface area contributed by atoms with E-state index in [1.807, 2.05) is 0 Å². The van der Waals surface area contributed by atoms with Crippen molar-refractivity contribution in [1.29, 1.82) is 5.26 Å². The normalized spacial score (nSPS) is 21.3. The molecule has 15 heavy (non-hydrogen) atoms. The minimum Gasteiger partial charge on any atom is -0.429 e. The summed E-state index contributed by atoms with van der Waals surface area (Å²) < 4.78 is 4.29. The van der Waals surface area contributed by atoms with Crippen LogP contribution in [0.15, 0.2) is 23.8 Å². The average molecular weight is 209 g/mol. The minimum absolute atomic E-state index is 0.295. The predicted octanol–water partition coefficient (Wildman–Crippen LogP) is -1.20. The second kappa shape index (κ2) is 4.04. The van der Waals surface area contributed by atoms with Crippen LogP contribution in [0.4, 0.5) is 0 Å². The first-order valence-corrected chi connectivity index (χ1v) is 3.89. The van der Waals surface area contributed by atoms with Gasteiger partial charge in [-0.05, 0) is 6.08 Å². The molecule has 0 saturated heterocycles. The Morgan fingerprint density at radius 2 is 2.33 bits per heavy atom. The third kappa shape index (κ3) is 2.10. The largest absolute Gasteiger partial charge is 0.429 e. The second-order valence-corrected chi connectivity index (χ2v) is 2.79. The van der Waals surface area contributed by atoms with Gasteiger partial charge in [-0.15, -0.1) is 0 Å². The molecule has 0 aromatic rings. The zero-order valence-electron chi connectivity index (χ0n) is 7.51. The molecular weight excluding hydrogens is 202 g/mol. The van der Waals surface area contributed by atoms with Crippen LogP contribution in [0, 0.1) is 11.3 Å². The highest BCUT2D eigenvalue weighted by Gasteiger charge is 2.32. The van der Waals surface area contributed by atoms with Gasteiger partial charge in [0.25, 0.3) is 5.78 Å². The maximum Gasteiger partial charge on any atom is 0.339 e. The number of nitriles is 1. The van der Waals surface area contributed by atoms with Crippen molar-refractivity contribution >= 4 is 11.8 Å². The SMILES string of the molecule is C=C(C(=O)C#N)C(O)C1=CC(O)OC1=O. The van der Waals surface area contributed by atoms with Crippen molar-refractivity contribution in [2.45, 2.75) is 12.4 Å². The summed E-state index contributed by atoms with van der Waals surface area (Å²) >= 11 is 0. The number of hydrogen-bond acceptors (Lipinski definition) is 6. The summed E-state index contributed by atoms with van der Waals surface area (Å²) in [7, 11) is 0. The Hall–Kier alpha value is -1.97. The smallest absolute Gasteiger partial charge is 0.339 e. The van der Waals surface area contributed by atoms with Gasteiger partial charge in [0.1, 0.15) is 12.2 Å². The van der Waals surface area contributed by atoms with Gasteiger partial charge in [0, 0.05) is 5.57 Å². The van der Waals surface area contributed by atoms with Crippen molar-refractivity contribution in [3.05, 3.63) is 23.8 Å². The van der Waals surface area contributed by atoms with E-state index < -0.39 is 29.7 Å². The van der Waals surface area contributed by atoms with E-state index in [1.165, 1.54) is 6.07 Å². The molecule has 0 spiro atoms. The molecule has 0 aliphatic carbocycles. The Balaban J connectivity index is 2.87. The number of rotatable bonds is 3. The average Bonchev–Trinajstić information content (AvgIpc) is 2.54. The zero-order valence-corrected chi connectivity index (χ0v) is 7.51. The molecule has 0 fully saturated rings. The highest BCUT2D eigenvalue weighted by atomic mass is 16.6. The number of ether oxygens (including phenoxy) is 1. The number of Topliss-reactive ketones (excluding diaryl/α,β-unsaturated/α-hetero) is 1. The lowest BCUT2D eigenvalue weighted by molar-refractivity contribution is -0.151. The lowest BCUT2D eigenvalue weighted by Gasteiger charge is -2.08. The van der Waals surface area contributed by atoms with E-state index in [0.717, 1.165) is 6.08 Å². The van der Waals surface area contributed by atoms with Gasteiger partial charge in [-0.2, -0.15) is 5.26 Å². The van der Waals surface area contributed by atoms with Gasteiger partial charge in [0.15, 0.2) is 0 Å². The van der Waals surface area contributed by atoms with E-state index in [1.54, 1.807) is 0 Å². The standard InChI is InChI=1S/C9H7NO5/c1-4(6(11)3-10)8(13)5-2-7(12)15-9(5)14/h2,7-8,12-13H,1H2. The maximum absolute atomic E-state index is 11.0. The Labute approximate surface area is 84.7 Å². The van der Waals surface area contributed by atoms with Crippen LogP contribution >= 0.6 is 0 Å². The topological polar surface area (TPSA) is 108 Å². The molecule has 1 aliphatic rings. The van der Waals surface area contributed by atoms with Crippen LogP contribution in [0.3, 0.4) is 0 Å². The number of aliphatic hydroxyl groups excluding tert-OH is 2. The molecule has 2 unspecified atom stereocenters. The third-order valence-electron chi connectivity index (χ3n) is 1.80. The van der Waals surface area contributed by atoms with E-state index in [4.69, 9.17) is 10.4 Å². The Morgan fingerprint density at radius 3 is 2.73 bits per heavy atom. The number of nitrogens with zero attached hydrogens (tertiary/aromatic N) is 1. The van der Waals surface area contributed by atoms with E-state index in [0.29, 0.717) is 0 Å². The molecular formula is C9H7NO5. The van der Waals surface area contributed by atoms with E-state index in [-0.39, 0.29) is 5.57 Å². The molecule has 0 aromatic carbocycles. The van der Waals surface area contributed by atoms with Crippen molar-refractivity contribution < 1.29 is 24.5 Å². The van der Waals surface area contributed by atoms with Crippen LogP contribution in [-0.2, 0) is 14.3 Å². The number of aliphatic hydroxyl groups is 2. The zero-order chi connectivity index (χ0) is 11.6. The van der Waals surface area contributed by atoms with Crippen LogP contribution in [0.2, 0.25) is 0 Å². The molecule has 6 nitrogen and oxygen atoms in total. The fourth-order valence-corrected chi connectivity index (χ4v) is 1.02. The van der Waals surface area contributed by atoms with Gasteiger partial charge >= 0.3 is 5.97 Å². The van der Waals surface area contributed by atoms with Crippen molar-refractivity contribution in [1.82, 2.24) is 0 Å². The minimum atomic E-state index is -1.62. The Morgan fingerprint density at radius 1 is 1.73 bits per heavy atom. The molecule has 2 N–H and O–H groups in total. The molecule has 0 saturated carbocycles. The van der Waals surface area contributed by atoms with Gasteiger partial charge < -0.3 is 14.9 Å². The highest BCUT2D eigenvalue weighted by molar-refractivity contribution is 6.09. The number of cyclic esters (lactones) is 1. The maximum atomic E-state index is 11.0. The summed E-state index contributed by atoms with van der Waals surface area (Å²) in [5, 5.41) is 26.6. The van der Waals surface area contributed by atoms with Crippen LogP contribution in [-0.4, -0.2) is 34.4 Å². The van der Waals surface area contributed by atoms with Gasteiger partial charge in [-0.1, -0.05) is 6.58 Å². The van der Waals surface area contributed by atoms with E-state index >= 15 is 0 Å². The fourth-order valence-electron chi connectivity index (χ4n) is 1.02. The number of carbonyl (C=O) groups is 2. The monoisotopic (exact) mass is 209 g/mol. The molecule has 0 aromatic heterocycles. The quantitative estimate of drug-likeness (QED) is 0.343. The van der Waals surface area contributed by atoms with Gasteiger partial charge in [0.2, 0.25) is 6.29 Å². The molecule has 1 aliphatic heterocycles. The van der Waals surface area contributed by atoms with Crippen molar-refractivity contribution in [2.75, 3.05) is 0 Å². The Kier molecular flexibility index (Phi) is 2.99. The summed E-state index contributed by atoms with van der Waals surface area (Å²) in [5.41, 5.74) is -0.731. The van der Waals surface area contributed by atoms with Crippen molar-refractivity contribution in [2.24, 2.45) is 0 Å². The summed E-state index contributed by atoms with van der Waals surface area (Å²) in [6.45, 7) is 3.18. The summed E-state index contributed by atoms with van der Waals surface area (Å²) in [4.78, 5) is 21.8. The molecule has 2 atom stereocenters. The van der Waals surface area contributed by atoms with Gasteiger partial charge in [-0.25, -0.2) is 4.79 Å². The lowest BCUT2D eigenvalue weighted by atomic mass is 10.0. The first-order chi connectivity index (χ1) is 6.97. The molecule has 1 rings (SSSR count). The number of hydrogen-bond donors (Lipinski definition) is 2. The predicted molar refractivity (Wildman–Crippen MR) is 45.9 cm³/mol. The second-order valence-electron chi connectivity index (χ2n) is 2.79. The third-order valence-corrected chi connectivity index (χ3v) is 1.80. The van der Waals surface area contributed by atoms with Crippen LogP contribution in [0.25, 0.3) is 0 Å². The van der Waals surface area contributed by atoms with Crippen LogP contribution in [0.1, 0.15) is 0 Å². The summed E-state index contributed by atoms with van der Waals surface area (Å²) in [5.74, 6) is -1.97. The van der Waals surface area contributed by atoms with Gasteiger partial charge in [0.05, 0.1) is 5.57 Å². The molecule has 6 heteroatoms. The highest BCUT2D eigenvalue weighted by Crippen LogP contribution is 2.19. The van der Waals surface area contributed by atoms with Crippen molar-refractivity contribution in [3.63, 3.8) is 0 Å². The molecule has 0 bridgehead atoms. The Bertz CT molecular complexity index is 403. The number of ketones is 1. The van der Waals surface area contributed by atoms with Crippen LogP contribution in [0.5, 0.6) is 0 Å².